The highest BCUT2D eigenvalue weighted by molar-refractivity contribution is 9.10. The van der Waals surface area contributed by atoms with Crippen LogP contribution in [0.2, 0.25) is 5.02 Å². The summed E-state index contributed by atoms with van der Waals surface area (Å²) in [7, 11) is 0. The molecule has 0 spiro atoms. The van der Waals surface area contributed by atoms with Gasteiger partial charge in [0.05, 0.1) is 17.3 Å². The zero-order valence-electron chi connectivity index (χ0n) is 8.54. The van der Waals surface area contributed by atoms with Crippen molar-refractivity contribution in [1.82, 2.24) is 9.78 Å². The first-order valence-electron chi connectivity index (χ1n) is 4.70. The molecule has 0 bridgehead atoms. The lowest BCUT2D eigenvalue weighted by molar-refractivity contribution is 0.583. The van der Waals surface area contributed by atoms with Crippen LogP contribution in [-0.4, -0.2) is 9.78 Å². The van der Waals surface area contributed by atoms with Crippen molar-refractivity contribution in [2.24, 2.45) is 0 Å². The molecule has 0 saturated carbocycles. The Bertz CT molecular complexity index is 505. The summed E-state index contributed by atoms with van der Waals surface area (Å²) in [5, 5.41) is 4.77. The molecule has 2 aromatic rings. The van der Waals surface area contributed by atoms with Crippen molar-refractivity contribution in [3.05, 3.63) is 51.0 Å². The van der Waals surface area contributed by atoms with Crippen LogP contribution in [0.5, 0.6) is 0 Å². The highest BCUT2D eigenvalue weighted by Crippen LogP contribution is 2.18. The minimum Gasteiger partial charge on any atom is -0.266 e. The third-order valence-corrected chi connectivity index (χ3v) is 3.10. The van der Waals surface area contributed by atoms with Crippen molar-refractivity contribution >= 4 is 27.5 Å². The molecule has 0 unspecified atom stereocenters. The van der Waals surface area contributed by atoms with Gasteiger partial charge >= 0.3 is 0 Å². The summed E-state index contributed by atoms with van der Waals surface area (Å²) in [5.41, 5.74) is 1.33. The second-order valence-electron chi connectivity index (χ2n) is 3.50. The number of rotatable bonds is 2. The molecule has 0 fully saturated rings. The Morgan fingerprint density at radius 3 is 2.81 bits per heavy atom. The van der Waals surface area contributed by atoms with E-state index in [0.717, 1.165) is 10.2 Å². The number of hydrogen-bond donors (Lipinski definition) is 0. The lowest BCUT2D eigenvalue weighted by Gasteiger charge is -2.03. The van der Waals surface area contributed by atoms with Gasteiger partial charge in [-0.1, -0.05) is 33.6 Å². The van der Waals surface area contributed by atoms with Crippen molar-refractivity contribution in [3.63, 3.8) is 0 Å². The number of benzene rings is 1. The lowest BCUT2D eigenvalue weighted by atomic mass is 10.2. The van der Waals surface area contributed by atoms with E-state index in [9.17, 15) is 4.39 Å². The largest absolute Gasteiger partial charge is 0.266 e. The van der Waals surface area contributed by atoms with E-state index in [4.69, 9.17) is 11.6 Å². The molecular formula is C11H9BrClFN2. The van der Waals surface area contributed by atoms with Gasteiger partial charge in [0.15, 0.2) is 0 Å². The summed E-state index contributed by atoms with van der Waals surface area (Å²) in [6.45, 7) is 2.20. The number of nitrogens with zero attached hydrogens (tertiary/aromatic N) is 2. The van der Waals surface area contributed by atoms with E-state index < -0.39 is 0 Å². The first-order chi connectivity index (χ1) is 7.56. The van der Waals surface area contributed by atoms with E-state index in [0.29, 0.717) is 17.1 Å². The Hall–Kier alpha value is -0.870. The molecule has 0 radical (unpaired) electrons. The Morgan fingerprint density at radius 1 is 1.50 bits per heavy atom. The molecule has 0 saturated heterocycles. The molecule has 1 aromatic heterocycles. The van der Waals surface area contributed by atoms with Crippen LogP contribution in [0.1, 0.15) is 11.3 Å². The van der Waals surface area contributed by atoms with E-state index in [-0.39, 0.29) is 5.82 Å². The fourth-order valence-electron chi connectivity index (χ4n) is 1.40. The van der Waals surface area contributed by atoms with Crippen molar-refractivity contribution in [3.8, 4) is 0 Å². The summed E-state index contributed by atoms with van der Waals surface area (Å²) in [6.07, 6.45) is 1.69. The number of aromatic nitrogens is 2. The average molecular weight is 304 g/mol. The van der Waals surface area contributed by atoms with Crippen LogP contribution in [0.25, 0.3) is 0 Å². The van der Waals surface area contributed by atoms with Gasteiger partial charge in [-0.15, -0.1) is 0 Å². The first-order valence-corrected chi connectivity index (χ1v) is 5.87. The first kappa shape index (κ1) is 11.6. The van der Waals surface area contributed by atoms with Crippen LogP contribution < -0.4 is 0 Å². The number of hydrogen-bond acceptors (Lipinski definition) is 1. The third kappa shape index (κ3) is 2.44. The zero-order valence-corrected chi connectivity index (χ0v) is 10.9. The fourth-order valence-corrected chi connectivity index (χ4v) is 1.88. The maximum Gasteiger partial charge on any atom is 0.129 e. The molecule has 1 aromatic carbocycles. The van der Waals surface area contributed by atoms with E-state index in [2.05, 4.69) is 21.0 Å². The highest BCUT2D eigenvalue weighted by atomic mass is 79.9. The summed E-state index contributed by atoms with van der Waals surface area (Å²) in [4.78, 5) is 0. The summed E-state index contributed by atoms with van der Waals surface area (Å²) in [6, 6.07) is 4.97. The summed E-state index contributed by atoms with van der Waals surface area (Å²) >= 11 is 9.09. The van der Waals surface area contributed by atoms with Crippen molar-refractivity contribution in [1.29, 1.82) is 0 Å². The molecule has 0 aliphatic rings. The molecule has 16 heavy (non-hydrogen) atoms. The molecule has 2 rings (SSSR count). The smallest absolute Gasteiger partial charge is 0.129 e. The number of aryl methyl sites for hydroxylation is 1. The summed E-state index contributed by atoms with van der Waals surface area (Å²) < 4.78 is 15.9. The van der Waals surface area contributed by atoms with Gasteiger partial charge in [0, 0.05) is 16.2 Å². The third-order valence-electron chi connectivity index (χ3n) is 2.23. The van der Waals surface area contributed by atoms with Crippen LogP contribution in [-0.2, 0) is 6.54 Å². The Morgan fingerprint density at radius 2 is 2.25 bits per heavy atom. The predicted molar refractivity (Wildman–Crippen MR) is 65.2 cm³/mol. The van der Waals surface area contributed by atoms with Crippen molar-refractivity contribution in [2.75, 3.05) is 0 Å². The Kier molecular flexibility index (Phi) is 3.30. The topological polar surface area (TPSA) is 17.8 Å². The summed E-state index contributed by atoms with van der Waals surface area (Å²) in [5.74, 6) is -0.251. The van der Waals surface area contributed by atoms with Gasteiger partial charge in [-0.3, -0.25) is 4.68 Å². The van der Waals surface area contributed by atoms with Crippen LogP contribution in [0.15, 0.2) is 28.9 Å². The minimum atomic E-state index is -0.251. The maximum atomic E-state index is 13.5. The van der Waals surface area contributed by atoms with Crippen LogP contribution in [0.3, 0.4) is 0 Å². The molecule has 84 valence electrons. The van der Waals surface area contributed by atoms with E-state index >= 15 is 0 Å². The molecule has 2 nitrogen and oxygen atoms in total. The van der Waals surface area contributed by atoms with E-state index in [1.165, 1.54) is 6.07 Å². The van der Waals surface area contributed by atoms with Gasteiger partial charge in [0.1, 0.15) is 5.82 Å². The molecule has 0 aliphatic carbocycles. The van der Waals surface area contributed by atoms with Crippen LogP contribution in [0.4, 0.5) is 4.39 Å². The predicted octanol–water partition coefficient (Wildman–Crippen LogP) is 3.79. The maximum absolute atomic E-state index is 13.5. The molecule has 0 amide bonds. The number of halogens is 3. The minimum absolute atomic E-state index is 0.251. The van der Waals surface area contributed by atoms with Gasteiger partial charge in [-0.2, -0.15) is 5.10 Å². The van der Waals surface area contributed by atoms with Crippen LogP contribution >= 0.6 is 27.5 Å². The van der Waals surface area contributed by atoms with Crippen LogP contribution in [0, 0.1) is 12.7 Å². The van der Waals surface area contributed by atoms with Gasteiger partial charge in [0.2, 0.25) is 0 Å². The molecule has 0 aliphatic heterocycles. The second-order valence-corrected chi connectivity index (χ2v) is 4.82. The SMILES string of the molecule is Cc1nn(Cc2ccc(Br)cc2F)cc1Cl. The van der Waals surface area contributed by atoms with Gasteiger partial charge < -0.3 is 0 Å². The van der Waals surface area contributed by atoms with E-state index in [1.54, 1.807) is 23.0 Å². The quantitative estimate of drug-likeness (QED) is 0.825. The molecule has 0 atom stereocenters. The standard InChI is InChI=1S/C11H9BrClFN2/c1-7-10(13)6-16(15-7)5-8-2-3-9(12)4-11(8)14/h2-4,6H,5H2,1H3. The van der Waals surface area contributed by atoms with Gasteiger partial charge in [-0.05, 0) is 19.1 Å². The Balaban J connectivity index is 2.27. The average Bonchev–Trinajstić information content (AvgIpc) is 2.51. The Labute approximate surface area is 106 Å². The molecule has 1 heterocycles. The van der Waals surface area contributed by atoms with Gasteiger partial charge in [-0.25, -0.2) is 4.39 Å². The second kappa shape index (κ2) is 4.55. The monoisotopic (exact) mass is 302 g/mol. The van der Waals surface area contributed by atoms with Crippen molar-refractivity contribution < 1.29 is 4.39 Å². The molecular weight excluding hydrogens is 294 g/mol. The molecule has 0 N–H and O–H groups in total. The van der Waals surface area contributed by atoms with Crippen molar-refractivity contribution in [2.45, 2.75) is 13.5 Å². The van der Waals surface area contributed by atoms with Gasteiger partial charge in [0.25, 0.3) is 0 Å². The molecule has 5 heteroatoms. The normalized spacial score (nSPS) is 10.8. The zero-order chi connectivity index (χ0) is 11.7. The lowest BCUT2D eigenvalue weighted by Crippen LogP contribution is -2.02. The highest BCUT2D eigenvalue weighted by Gasteiger charge is 2.06. The fraction of sp³-hybridized carbons (Fsp3) is 0.182. The van der Waals surface area contributed by atoms with E-state index in [1.807, 2.05) is 6.92 Å².